The first-order chi connectivity index (χ1) is 9.08. The van der Waals surface area contributed by atoms with E-state index in [0.29, 0.717) is 5.75 Å². The zero-order valence-electron chi connectivity index (χ0n) is 10.9. The number of aryl methyl sites for hydroxylation is 2. The van der Waals surface area contributed by atoms with Crippen LogP contribution in [0.2, 0.25) is 0 Å². The van der Waals surface area contributed by atoms with Crippen molar-refractivity contribution >= 4 is 25.8 Å². The van der Waals surface area contributed by atoms with Crippen LogP contribution in [0.25, 0.3) is 0 Å². The first kappa shape index (κ1) is 13.6. The second kappa shape index (κ2) is 5.21. The Labute approximate surface area is 123 Å². The van der Waals surface area contributed by atoms with E-state index >= 15 is 0 Å². The summed E-state index contributed by atoms with van der Waals surface area (Å²) in [5.41, 5.74) is 3.99. The molecule has 2 nitrogen and oxygen atoms in total. The van der Waals surface area contributed by atoms with E-state index in [2.05, 4.69) is 34.1 Å². The Morgan fingerprint density at radius 2 is 1.89 bits per heavy atom. The normalized spacial score (nSPS) is 26.9. The van der Waals surface area contributed by atoms with E-state index in [4.69, 9.17) is 0 Å². The minimum Gasteiger partial charge on any atom is -0.228 e. The van der Waals surface area contributed by atoms with E-state index < -0.39 is 9.84 Å². The summed E-state index contributed by atoms with van der Waals surface area (Å²) in [7, 11) is -2.93. The van der Waals surface area contributed by atoms with Gasteiger partial charge in [0.25, 0.3) is 0 Å². The molecule has 0 bridgehead atoms. The highest BCUT2D eigenvalue weighted by atomic mass is 79.9. The van der Waals surface area contributed by atoms with E-state index in [0.717, 1.165) is 31.2 Å². The minimum atomic E-state index is -2.93. The topological polar surface area (TPSA) is 34.1 Å². The van der Waals surface area contributed by atoms with E-state index in [-0.39, 0.29) is 10.1 Å². The third-order valence-corrected chi connectivity index (χ3v) is 8.20. The van der Waals surface area contributed by atoms with Crippen molar-refractivity contribution in [3.63, 3.8) is 0 Å². The van der Waals surface area contributed by atoms with Crippen molar-refractivity contribution in [1.29, 1.82) is 0 Å². The van der Waals surface area contributed by atoms with E-state index in [9.17, 15) is 8.42 Å². The quantitative estimate of drug-likeness (QED) is 0.769. The first-order valence-corrected chi connectivity index (χ1v) is 9.68. The monoisotopic (exact) mass is 342 g/mol. The fourth-order valence-corrected chi connectivity index (χ4v) is 6.78. The molecule has 1 aromatic carbocycles. The number of fused-ring (bicyclic) bond motifs is 1. The number of sulfone groups is 1. The van der Waals surface area contributed by atoms with E-state index in [1.165, 1.54) is 24.0 Å². The van der Waals surface area contributed by atoms with Gasteiger partial charge >= 0.3 is 0 Å². The van der Waals surface area contributed by atoms with Gasteiger partial charge in [-0.2, -0.15) is 0 Å². The molecule has 0 saturated carbocycles. The van der Waals surface area contributed by atoms with Crippen LogP contribution < -0.4 is 0 Å². The van der Waals surface area contributed by atoms with Gasteiger partial charge in [-0.3, -0.25) is 0 Å². The lowest BCUT2D eigenvalue weighted by Crippen LogP contribution is -2.31. The van der Waals surface area contributed by atoms with E-state index in [1.807, 2.05) is 0 Å². The molecule has 0 radical (unpaired) electrons. The molecule has 1 fully saturated rings. The second-order valence-corrected chi connectivity index (χ2v) is 9.01. The van der Waals surface area contributed by atoms with Crippen molar-refractivity contribution in [3.05, 3.63) is 34.9 Å². The largest absolute Gasteiger partial charge is 0.228 e. The average molecular weight is 343 g/mol. The van der Waals surface area contributed by atoms with Crippen LogP contribution in [0.4, 0.5) is 0 Å². The van der Waals surface area contributed by atoms with Crippen LogP contribution in [-0.2, 0) is 22.7 Å². The van der Waals surface area contributed by atoms with Gasteiger partial charge in [-0.15, -0.1) is 0 Å². The van der Waals surface area contributed by atoms with Crippen molar-refractivity contribution in [1.82, 2.24) is 0 Å². The predicted octanol–water partition coefficient (Wildman–Crippen LogP) is 3.58. The maximum Gasteiger partial charge on any atom is 0.154 e. The Hall–Kier alpha value is -0.350. The number of benzene rings is 1. The molecule has 2 aliphatic rings. The smallest absolute Gasteiger partial charge is 0.154 e. The third-order valence-electron chi connectivity index (χ3n) is 4.40. The van der Waals surface area contributed by atoms with Gasteiger partial charge in [0.1, 0.15) is 0 Å². The minimum absolute atomic E-state index is 0.0521. The fourth-order valence-electron chi connectivity index (χ4n) is 3.29. The van der Waals surface area contributed by atoms with E-state index in [1.54, 1.807) is 0 Å². The van der Waals surface area contributed by atoms with Gasteiger partial charge in [0.05, 0.1) is 15.8 Å². The van der Waals surface area contributed by atoms with Crippen LogP contribution in [0, 0.1) is 0 Å². The van der Waals surface area contributed by atoms with Gasteiger partial charge in [0.2, 0.25) is 0 Å². The van der Waals surface area contributed by atoms with Crippen molar-refractivity contribution in [2.24, 2.45) is 0 Å². The average Bonchev–Trinajstić information content (AvgIpc) is 2.84. The summed E-state index contributed by atoms with van der Waals surface area (Å²) >= 11 is 3.65. The molecule has 1 aliphatic carbocycles. The number of hydrogen-bond donors (Lipinski definition) is 0. The van der Waals surface area contributed by atoms with Crippen molar-refractivity contribution in [3.8, 4) is 0 Å². The molecular weight excluding hydrogens is 324 g/mol. The number of alkyl halides is 1. The number of hydrogen-bond acceptors (Lipinski definition) is 2. The molecule has 19 heavy (non-hydrogen) atoms. The Balaban J connectivity index is 1.89. The van der Waals surface area contributed by atoms with Gasteiger partial charge in [-0.05, 0) is 48.8 Å². The van der Waals surface area contributed by atoms with Gasteiger partial charge in [0, 0.05) is 0 Å². The first-order valence-electron chi connectivity index (χ1n) is 7.05. The standard InChI is InChI=1S/C15H19BrO2S/c16-15(14-6-1-2-9-19(14,17)18)13-8-7-11-4-3-5-12(11)10-13/h7-8,10,14-15H,1-6,9H2. The zero-order chi connectivity index (χ0) is 13.5. The highest BCUT2D eigenvalue weighted by molar-refractivity contribution is 9.09. The van der Waals surface area contributed by atoms with Crippen molar-refractivity contribution < 1.29 is 8.42 Å². The lowest BCUT2D eigenvalue weighted by atomic mass is 10.0. The molecule has 1 aliphatic heterocycles. The molecule has 4 heteroatoms. The number of halogens is 1. The molecule has 0 aromatic heterocycles. The summed E-state index contributed by atoms with van der Waals surface area (Å²) in [4.78, 5) is -0.0521. The Morgan fingerprint density at radius 1 is 1.11 bits per heavy atom. The molecule has 2 unspecified atom stereocenters. The van der Waals surface area contributed by atoms with Crippen LogP contribution >= 0.6 is 15.9 Å². The maximum absolute atomic E-state index is 12.2. The van der Waals surface area contributed by atoms with Crippen LogP contribution in [0.15, 0.2) is 18.2 Å². The molecule has 1 saturated heterocycles. The van der Waals surface area contributed by atoms with Gasteiger partial charge in [-0.25, -0.2) is 8.42 Å². The van der Waals surface area contributed by atoms with Crippen molar-refractivity contribution in [2.45, 2.75) is 48.6 Å². The summed E-state index contributed by atoms with van der Waals surface area (Å²) in [5, 5.41) is -0.249. The molecule has 1 heterocycles. The third kappa shape index (κ3) is 2.62. The van der Waals surface area contributed by atoms with Gasteiger partial charge in [0.15, 0.2) is 9.84 Å². The molecule has 0 spiro atoms. The Morgan fingerprint density at radius 3 is 2.68 bits per heavy atom. The zero-order valence-corrected chi connectivity index (χ0v) is 13.3. The SMILES string of the molecule is O=S1(=O)CCCCC1C(Br)c1ccc2c(c1)CCC2. The summed E-state index contributed by atoms with van der Waals surface area (Å²) < 4.78 is 24.4. The second-order valence-electron chi connectivity index (χ2n) is 5.68. The molecule has 0 amide bonds. The highest BCUT2D eigenvalue weighted by Gasteiger charge is 2.35. The fraction of sp³-hybridized carbons (Fsp3) is 0.600. The van der Waals surface area contributed by atoms with Crippen molar-refractivity contribution in [2.75, 3.05) is 5.75 Å². The summed E-state index contributed by atoms with van der Waals surface area (Å²) in [6, 6.07) is 6.50. The molecule has 104 valence electrons. The summed E-state index contributed by atoms with van der Waals surface area (Å²) in [6.07, 6.45) is 6.17. The molecule has 3 rings (SSSR count). The predicted molar refractivity (Wildman–Crippen MR) is 81.6 cm³/mol. The Bertz CT molecular complexity index is 580. The maximum atomic E-state index is 12.2. The number of rotatable bonds is 2. The highest BCUT2D eigenvalue weighted by Crippen LogP contribution is 2.38. The van der Waals surface area contributed by atoms with Crippen LogP contribution in [-0.4, -0.2) is 19.4 Å². The van der Waals surface area contributed by atoms with Crippen LogP contribution in [0.1, 0.15) is 47.2 Å². The molecule has 1 aromatic rings. The van der Waals surface area contributed by atoms with Gasteiger partial charge in [-0.1, -0.05) is 40.5 Å². The summed E-state index contributed by atoms with van der Waals surface area (Å²) in [6.45, 7) is 0. The molecule has 0 N–H and O–H groups in total. The summed E-state index contributed by atoms with van der Waals surface area (Å²) in [5.74, 6) is 0.352. The lowest BCUT2D eigenvalue weighted by molar-refractivity contribution is 0.537. The Kier molecular flexibility index (Phi) is 3.73. The van der Waals surface area contributed by atoms with Gasteiger partial charge < -0.3 is 0 Å². The lowest BCUT2D eigenvalue weighted by Gasteiger charge is -2.27. The molecule has 2 atom stereocenters. The molecular formula is C15H19BrO2S. The van der Waals surface area contributed by atoms with Crippen LogP contribution in [0.3, 0.4) is 0 Å². The van der Waals surface area contributed by atoms with Crippen LogP contribution in [0.5, 0.6) is 0 Å².